The standard InChI is InChI=1S/C19H23ClO5S/c1-19(2,24-13-16-8-4-5-10-18(16)20)14-23-17-9-6-7-15(11-17)12-25-26(3,21)22/h4-11H,12-14H2,1-3H3. The van der Waals surface area contributed by atoms with Gasteiger partial charge in [0.15, 0.2) is 0 Å². The van der Waals surface area contributed by atoms with Crippen LogP contribution in [0.2, 0.25) is 5.02 Å². The molecule has 142 valence electrons. The van der Waals surface area contributed by atoms with Crippen molar-refractivity contribution in [2.45, 2.75) is 32.7 Å². The summed E-state index contributed by atoms with van der Waals surface area (Å²) in [6.45, 7) is 4.55. The Morgan fingerprint density at radius 3 is 2.46 bits per heavy atom. The predicted octanol–water partition coefficient (Wildman–Crippen LogP) is 4.19. The third-order valence-corrected chi connectivity index (χ3v) is 4.42. The molecule has 0 spiro atoms. The first-order valence-corrected chi connectivity index (χ1v) is 10.3. The molecule has 2 aromatic carbocycles. The molecule has 0 fully saturated rings. The van der Waals surface area contributed by atoms with E-state index < -0.39 is 15.7 Å². The van der Waals surface area contributed by atoms with E-state index in [2.05, 4.69) is 0 Å². The summed E-state index contributed by atoms with van der Waals surface area (Å²) in [6, 6.07) is 14.6. The molecule has 26 heavy (non-hydrogen) atoms. The van der Waals surface area contributed by atoms with Crippen molar-refractivity contribution in [3.05, 3.63) is 64.7 Å². The van der Waals surface area contributed by atoms with E-state index in [1.807, 2.05) is 38.1 Å². The van der Waals surface area contributed by atoms with Crippen molar-refractivity contribution in [3.8, 4) is 5.75 Å². The molecular weight excluding hydrogens is 376 g/mol. The minimum Gasteiger partial charge on any atom is -0.491 e. The van der Waals surface area contributed by atoms with Crippen molar-refractivity contribution in [1.82, 2.24) is 0 Å². The Balaban J connectivity index is 1.89. The molecule has 0 amide bonds. The molecule has 0 saturated carbocycles. The van der Waals surface area contributed by atoms with Gasteiger partial charge in [-0.3, -0.25) is 4.18 Å². The van der Waals surface area contributed by atoms with Crippen LogP contribution in [-0.2, 0) is 32.3 Å². The maximum Gasteiger partial charge on any atom is 0.264 e. The molecule has 0 heterocycles. The van der Waals surface area contributed by atoms with Crippen molar-refractivity contribution >= 4 is 21.7 Å². The fourth-order valence-corrected chi connectivity index (χ4v) is 2.63. The molecule has 5 nitrogen and oxygen atoms in total. The molecule has 0 N–H and O–H groups in total. The second-order valence-electron chi connectivity index (χ2n) is 6.54. The molecule has 2 rings (SSSR count). The molecule has 0 unspecified atom stereocenters. The highest BCUT2D eigenvalue weighted by Crippen LogP contribution is 2.21. The SMILES string of the molecule is CC(C)(COc1cccc(COS(C)(=O)=O)c1)OCc1ccccc1Cl. The average molecular weight is 399 g/mol. The number of ether oxygens (including phenoxy) is 2. The van der Waals surface area contributed by atoms with E-state index in [4.69, 9.17) is 25.3 Å². The topological polar surface area (TPSA) is 61.8 Å². The fourth-order valence-electron chi connectivity index (χ4n) is 2.09. The van der Waals surface area contributed by atoms with Crippen LogP contribution < -0.4 is 4.74 Å². The Hall–Kier alpha value is -1.60. The quantitative estimate of drug-likeness (QED) is 0.592. The Bertz CT molecular complexity index is 833. The lowest BCUT2D eigenvalue weighted by Gasteiger charge is -2.26. The van der Waals surface area contributed by atoms with Crippen LogP contribution in [0.5, 0.6) is 5.75 Å². The molecule has 0 aliphatic rings. The molecule has 0 radical (unpaired) electrons. The maximum absolute atomic E-state index is 11.1. The van der Waals surface area contributed by atoms with Gasteiger partial charge < -0.3 is 9.47 Å². The van der Waals surface area contributed by atoms with Crippen LogP contribution in [-0.4, -0.2) is 26.9 Å². The number of rotatable bonds is 9. The first-order valence-electron chi connectivity index (χ1n) is 8.08. The van der Waals surface area contributed by atoms with Gasteiger partial charge in [0.1, 0.15) is 12.4 Å². The van der Waals surface area contributed by atoms with Gasteiger partial charge in [0.05, 0.1) is 25.1 Å². The van der Waals surface area contributed by atoms with Gasteiger partial charge in [-0.2, -0.15) is 8.42 Å². The van der Waals surface area contributed by atoms with E-state index in [0.29, 0.717) is 29.5 Å². The third-order valence-electron chi connectivity index (χ3n) is 3.50. The highest BCUT2D eigenvalue weighted by molar-refractivity contribution is 7.85. The van der Waals surface area contributed by atoms with E-state index >= 15 is 0 Å². The van der Waals surface area contributed by atoms with Crippen molar-refractivity contribution in [2.75, 3.05) is 12.9 Å². The molecule has 0 saturated heterocycles. The number of halogens is 1. The summed E-state index contributed by atoms with van der Waals surface area (Å²) in [6.07, 6.45) is 1.02. The molecule has 2 aromatic rings. The van der Waals surface area contributed by atoms with Crippen LogP contribution in [0.3, 0.4) is 0 Å². The predicted molar refractivity (Wildman–Crippen MR) is 102 cm³/mol. The van der Waals surface area contributed by atoms with Gasteiger partial charge in [-0.05, 0) is 43.2 Å². The van der Waals surface area contributed by atoms with Crippen molar-refractivity contribution < 1.29 is 22.1 Å². The number of hydrogen-bond donors (Lipinski definition) is 0. The summed E-state index contributed by atoms with van der Waals surface area (Å²) in [7, 11) is -3.48. The zero-order chi connectivity index (χ0) is 19.2. The van der Waals surface area contributed by atoms with Crippen molar-refractivity contribution in [3.63, 3.8) is 0 Å². The average Bonchev–Trinajstić information content (AvgIpc) is 2.58. The van der Waals surface area contributed by atoms with Crippen molar-refractivity contribution in [1.29, 1.82) is 0 Å². The molecule has 0 aromatic heterocycles. The minimum absolute atomic E-state index is 0.0254. The first-order chi connectivity index (χ1) is 12.1. The van der Waals surface area contributed by atoms with Gasteiger partial charge in [-0.25, -0.2) is 0 Å². The molecule has 0 bridgehead atoms. The molecular formula is C19H23ClO5S. The zero-order valence-electron chi connectivity index (χ0n) is 15.1. The second-order valence-corrected chi connectivity index (χ2v) is 8.59. The van der Waals surface area contributed by atoms with Gasteiger partial charge >= 0.3 is 0 Å². The molecule has 7 heteroatoms. The van der Waals surface area contributed by atoms with Gasteiger partial charge in [0.2, 0.25) is 0 Å². The Morgan fingerprint density at radius 1 is 1.04 bits per heavy atom. The zero-order valence-corrected chi connectivity index (χ0v) is 16.6. The van der Waals surface area contributed by atoms with Crippen LogP contribution in [0.25, 0.3) is 0 Å². The Kier molecular flexibility index (Phi) is 7.06. The van der Waals surface area contributed by atoms with Crippen LogP contribution in [0, 0.1) is 0 Å². The summed E-state index contributed by atoms with van der Waals surface area (Å²) >= 11 is 6.14. The lowest BCUT2D eigenvalue weighted by Crippen LogP contribution is -2.32. The van der Waals surface area contributed by atoms with E-state index in [-0.39, 0.29) is 6.61 Å². The second kappa shape index (κ2) is 8.86. The van der Waals surface area contributed by atoms with Crippen LogP contribution in [0.1, 0.15) is 25.0 Å². The minimum atomic E-state index is -3.48. The lowest BCUT2D eigenvalue weighted by atomic mass is 10.1. The Morgan fingerprint density at radius 2 is 1.77 bits per heavy atom. The Labute approximate surface area is 160 Å². The van der Waals surface area contributed by atoms with E-state index in [0.717, 1.165) is 11.8 Å². The van der Waals surface area contributed by atoms with Crippen LogP contribution in [0.15, 0.2) is 48.5 Å². The van der Waals surface area contributed by atoms with Crippen LogP contribution >= 0.6 is 11.6 Å². The van der Waals surface area contributed by atoms with Crippen molar-refractivity contribution in [2.24, 2.45) is 0 Å². The largest absolute Gasteiger partial charge is 0.491 e. The van der Waals surface area contributed by atoms with Gasteiger partial charge in [0, 0.05) is 5.02 Å². The number of benzene rings is 2. The third kappa shape index (κ3) is 7.33. The summed E-state index contributed by atoms with van der Waals surface area (Å²) < 4.78 is 38.7. The summed E-state index contributed by atoms with van der Waals surface area (Å²) in [5.41, 5.74) is 1.10. The highest BCUT2D eigenvalue weighted by atomic mass is 35.5. The first kappa shape index (κ1) is 20.7. The normalized spacial score (nSPS) is 12.2. The summed E-state index contributed by atoms with van der Waals surface area (Å²) in [5.74, 6) is 0.619. The number of hydrogen-bond acceptors (Lipinski definition) is 5. The maximum atomic E-state index is 11.1. The molecule has 0 atom stereocenters. The summed E-state index contributed by atoms with van der Waals surface area (Å²) in [4.78, 5) is 0. The smallest absolute Gasteiger partial charge is 0.264 e. The molecule has 0 aliphatic heterocycles. The van der Waals surface area contributed by atoms with E-state index in [1.54, 1.807) is 24.3 Å². The van der Waals surface area contributed by atoms with E-state index in [9.17, 15) is 8.42 Å². The van der Waals surface area contributed by atoms with Gasteiger partial charge in [0.25, 0.3) is 10.1 Å². The lowest BCUT2D eigenvalue weighted by molar-refractivity contribution is -0.0569. The highest BCUT2D eigenvalue weighted by Gasteiger charge is 2.20. The molecule has 0 aliphatic carbocycles. The fraction of sp³-hybridized carbons (Fsp3) is 0.368. The van der Waals surface area contributed by atoms with E-state index in [1.165, 1.54) is 0 Å². The summed E-state index contributed by atoms with van der Waals surface area (Å²) in [5, 5.41) is 0.669. The monoisotopic (exact) mass is 398 g/mol. The van der Waals surface area contributed by atoms with Gasteiger partial charge in [-0.15, -0.1) is 0 Å². The van der Waals surface area contributed by atoms with Gasteiger partial charge in [-0.1, -0.05) is 41.9 Å². The van der Waals surface area contributed by atoms with Crippen LogP contribution in [0.4, 0.5) is 0 Å².